The number of nitrogens with one attached hydrogen (secondary N) is 1. The van der Waals surface area contributed by atoms with Gasteiger partial charge >= 0.3 is 0 Å². The molecule has 2 heterocycles. The van der Waals surface area contributed by atoms with Crippen LogP contribution in [-0.2, 0) is 21.2 Å². The molecular weight excluding hydrogens is 468 g/mol. The Bertz CT molecular complexity index is 1570. The van der Waals surface area contributed by atoms with Gasteiger partial charge in [-0.15, -0.1) is 11.8 Å². The lowest BCUT2D eigenvalue weighted by Gasteiger charge is -2.18. The maximum atomic E-state index is 13.3. The Hall–Kier alpha value is -3.36. The number of amides is 1. The summed E-state index contributed by atoms with van der Waals surface area (Å²) in [5, 5.41) is 2.94. The van der Waals surface area contributed by atoms with E-state index in [0.717, 1.165) is 39.3 Å². The second kappa shape index (κ2) is 8.77. The Morgan fingerprint density at radius 2 is 1.71 bits per heavy atom. The second-order valence-corrected chi connectivity index (χ2v) is 11.1. The highest BCUT2D eigenvalue weighted by Gasteiger charge is 2.34. The molecule has 0 radical (unpaired) electrons. The van der Waals surface area contributed by atoms with Crippen LogP contribution in [0.1, 0.15) is 17.2 Å². The van der Waals surface area contributed by atoms with E-state index in [0.29, 0.717) is 11.4 Å². The smallest absolute Gasteiger partial charge is 0.257 e. The summed E-state index contributed by atoms with van der Waals surface area (Å²) in [5.41, 5.74) is 3.50. The van der Waals surface area contributed by atoms with Crippen molar-refractivity contribution in [3.8, 4) is 11.1 Å². The monoisotopic (exact) mass is 490 g/mol. The Kier molecular flexibility index (Phi) is 5.79. The van der Waals surface area contributed by atoms with Crippen LogP contribution in [0.15, 0.2) is 88.7 Å². The summed E-state index contributed by atoms with van der Waals surface area (Å²) in [6.07, 6.45) is 1.48. The molecule has 8 heteroatoms. The molecule has 1 aliphatic rings. The van der Waals surface area contributed by atoms with Crippen LogP contribution in [0.5, 0.6) is 0 Å². The van der Waals surface area contributed by atoms with Gasteiger partial charge in [-0.1, -0.05) is 72.8 Å². The molecule has 4 aromatic rings. The molecule has 172 valence electrons. The molecule has 0 unspecified atom stereocenters. The molecule has 6 nitrogen and oxygen atoms in total. The zero-order valence-corrected chi connectivity index (χ0v) is 20.0. The first-order valence-corrected chi connectivity index (χ1v) is 13.6. The zero-order chi connectivity index (χ0) is 23.9. The highest BCUT2D eigenvalue weighted by molar-refractivity contribution is 7.99. The van der Waals surface area contributed by atoms with Crippen molar-refractivity contribution in [2.75, 3.05) is 12.0 Å². The van der Waals surface area contributed by atoms with E-state index in [1.807, 2.05) is 53.3 Å². The van der Waals surface area contributed by atoms with Gasteiger partial charge in [0, 0.05) is 17.4 Å². The molecule has 0 bridgehead atoms. The molecule has 34 heavy (non-hydrogen) atoms. The molecule has 0 saturated carbocycles. The van der Waals surface area contributed by atoms with Crippen LogP contribution in [0.2, 0.25) is 0 Å². The van der Waals surface area contributed by atoms with Crippen LogP contribution in [0, 0.1) is 0 Å². The van der Waals surface area contributed by atoms with Crippen molar-refractivity contribution in [3.63, 3.8) is 0 Å². The molecule has 3 aromatic carbocycles. The Balaban J connectivity index is 1.68. The lowest BCUT2D eigenvalue weighted by Crippen LogP contribution is -2.39. The topological polar surface area (TPSA) is 85.2 Å². The molecule has 1 amide bonds. The number of thioether (sulfide) groups is 1. The molecule has 0 saturated heterocycles. The fraction of sp³-hybridized carbons (Fsp3) is 0.154. The summed E-state index contributed by atoms with van der Waals surface area (Å²) >= 11 is 1.40. The molecule has 1 aliphatic heterocycles. The predicted molar refractivity (Wildman–Crippen MR) is 136 cm³/mol. The van der Waals surface area contributed by atoms with E-state index in [1.54, 1.807) is 6.07 Å². The van der Waals surface area contributed by atoms with Crippen molar-refractivity contribution in [1.82, 2.24) is 9.29 Å². The number of fused-ring (bicyclic) bond motifs is 2. The van der Waals surface area contributed by atoms with Gasteiger partial charge in [-0.25, -0.2) is 8.42 Å². The molecule has 1 N–H and O–H groups in total. The summed E-state index contributed by atoms with van der Waals surface area (Å²) in [7, 11) is -3.73. The van der Waals surface area contributed by atoms with Gasteiger partial charge in [0.1, 0.15) is 6.04 Å². The Morgan fingerprint density at radius 1 is 1.00 bits per heavy atom. The number of carbonyl (C=O) groups is 1. The van der Waals surface area contributed by atoms with Crippen molar-refractivity contribution in [2.24, 2.45) is 0 Å². The van der Waals surface area contributed by atoms with Crippen molar-refractivity contribution >= 4 is 38.5 Å². The van der Waals surface area contributed by atoms with Gasteiger partial charge in [0.05, 0.1) is 11.3 Å². The number of rotatable bonds is 5. The highest BCUT2D eigenvalue weighted by Crippen LogP contribution is 2.41. The van der Waals surface area contributed by atoms with Gasteiger partial charge in [-0.2, -0.15) is 0 Å². The number of nitrogens with zero attached hydrogens (tertiary/aromatic N) is 1. The van der Waals surface area contributed by atoms with Gasteiger partial charge in [0.2, 0.25) is 10.0 Å². The first-order chi connectivity index (χ1) is 16.3. The normalized spacial score (nSPS) is 15.3. The number of benzene rings is 3. The van der Waals surface area contributed by atoms with E-state index < -0.39 is 22.0 Å². The third-order valence-corrected chi connectivity index (χ3v) is 7.62. The van der Waals surface area contributed by atoms with Crippen LogP contribution in [-0.4, -0.2) is 30.9 Å². The van der Waals surface area contributed by atoms with E-state index >= 15 is 0 Å². The average molecular weight is 491 g/mol. The van der Waals surface area contributed by atoms with Gasteiger partial charge in [-0.05, 0) is 33.9 Å². The van der Waals surface area contributed by atoms with E-state index in [9.17, 15) is 18.0 Å². The quantitative estimate of drug-likeness (QED) is 0.457. The van der Waals surface area contributed by atoms with Crippen LogP contribution in [0.25, 0.3) is 21.9 Å². The van der Waals surface area contributed by atoms with Crippen LogP contribution in [0.4, 0.5) is 0 Å². The maximum absolute atomic E-state index is 13.3. The van der Waals surface area contributed by atoms with E-state index in [2.05, 4.69) is 24.3 Å². The molecule has 0 fully saturated rings. The molecule has 0 aliphatic carbocycles. The molecule has 1 aromatic heterocycles. The fourth-order valence-corrected chi connectivity index (χ4v) is 6.33. The van der Waals surface area contributed by atoms with Crippen molar-refractivity contribution < 1.29 is 13.2 Å². The van der Waals surface area contributed by atoms with Gasteiger partial charge in [-0.3, -0.25) is 18.9 Å². The third kappa shape index (κ3) is 4.26. The summed E-state index contributed by atoms with van der Waals surface area (Å²) in [4.78, 5) is 26.0. The molecule has 1 atom stereocenters. The zero-order valence-electron chi connectivity index (χ0n) is 18.4. The summed E-state index contributed by atoms with van der Waals surface area (Å²) in [5.74, 6) is -0.412. The largest absolute Gasteiger partial charge is 0.289 e. The Labute approximate surface area is 201 Å². The summed E-state index contributed by atoms with van der Waals surface area (Å²) in [6.45, 7) is 0. The minimum absolute atomic E-state index is 0.286. The van der Waals surface area contributed by atoms with E-state index in [-0.39, 0.29) is 11.3 Å². The molecular formula is C26H22N2O4S2. The van der Waals surface area contributed by atoms with Gasteiger partial charge in [0.15, 0.2) is 0 Å². The lowest BCUT2D eigenvalue weighted by atomic mass is 9.93. The number of pyridine rings is 1. The van der Waals surface area contributed by atoms with Crippen LogP contribution in [0.3, 0.4) is 0 Å². The standard InChI is InChI=1S/C26H22N2O4S2/c1-34(31,32)27-25(30)22-16-33-26-24(18-9-3-2-4-10-18)20(15-23(29)28(22)26)14-19-12-7-11-17-8-5-6-13-21(17)19/h2-13,15,22H,14,16H2,1H3,(H,27,30)/t22-/m0/s1. The minimum Gasteiger partial charge on any atom is -0.289 e. The Morgan fingerprint density at radius 3 is 2.47 bits per heavy atom. The predicted octanol–water partition coefficient (Wildman–Crippen LogP) is 3.98. The average Bonchev–Trinajstić information content (AvgIpc) is 3.25. The number of hydrogen-bond donors (Lipinski definition) is 1. The van der Waals surface area contributed by atoms with E-state index in [1.165, 1.54) is 16.3 Å². The van der Waals surface area contributed by atoms with Gasteiger partial charge < -0.3 is 0 Å². The second-order valence-electron chi connectivity index (χ2n) is 8.30. The third-order valence-electron chi connectivity index (χ3n) is 5.89. The van der Waals surface area contributed by atoms with Crippen molar-refractivity contribution in [3.05, 3.63) is 100 Å². The van der Waals surface area contributed by atoms with Gasteiger partial charge in [0.25, 0.3) is 11.5 Å². The van der Waals surface area contributed by atoms with Crippen LogP contribution >= 0.6 is 11.8 Å². The fourth-order valence-electron chi connectivity index (χ4n) is 4.47. The highest BCUT2D eigenvalue weighted by atomic mass is 32.2. The number of sulfonamides is 1. The molecule has 5 rings (SSSR count). The minimum atomic E-state index is -3.73. The number of hydrogen-bond acceptors (Lipinski definition) is 5. The lowest BCUT2D eigenvalue weighted by molar-refractivity contribution is -0.122. The van der Waals surface area contributed by atoms with Crippen molar-refractivity contribution in [2.45, 2.75) is 17.5 Å². The first kappa shape index (κ1) is 22.4. The summed E-state index contributed by atoms with van der Waals surface area (Å²) < 4.78 is 26.7. The first-order valence-electron chi connectivity index (χ1n) is 10.8. The number of carbonyl (C=O) groups excluding carboxylic acids is 1. The maximum Gasteiger partial charge on any atom is 0.257 e. The number of aromatic nitrogens is 1. The molecule has 0 spiro atoms. The summed E-state index contributed by atoms with van der Waals surface area (Å²) in [6, 6.07) is 24.8. The van der Waals surface area contributed by atoms with Crippen molar-refractivity contribution in [1.29, 1.82) is 0 Å². The van der Waals surface area contributed by atoms with E-state index in [4.69, 9.17) is 0 Å². The van der Waals surface area contributed by atoms with Crippen LogP contribution < -0.4 is 10.3 Å². The SMILES string of the molecule is CS(=O)(=O)NC(=O)[C@@H]1CSc2c(-c3ccccc3)c(Cc3cccc4ccccc34)cc(=O)n21.